The quantitative estimate of drug-likeness (QED) is 0.325. The summed E-state index contributed by atoms with van der Waals surface area (Å²) in [5, 5.41) is 42.3. The van der Waals surface area contributed by atoms with E-state index in [4.69, 9.17) is 0 Å². The van der Waals surface area contributed by atoms with Crippen LogP contribution in [0.3, 0.4) is 0 Å². The highest BCUT2D eigenvalue weighted by atomic mass is 16.4. The molecule has 0 heterocycles. The van der Waals surface area contributed by atoms with Crippen molar-refractivity contribution in [2.45, 2.75) is 117 Å². The van der Waals surface area contributed by atoms with Gasteiger partial charge in [0.2, 0.25) is 0 Å². The first-order chi connectivity index (χ1) is 16.5. The minimum absolute atomic E-state index is 0.312. The number of rotatable bonds is 10. The third-order valence-corrected chi connectivity index (χ3v) is 10.0. The normalized spacial score (nSPS) is 29.5. The number of hydrogen-bond acceptors (Lipinski definition) is 4. The lowest BCUT2D eigenvalue weighted by Gasteiger charge is -2.51. The van der Waals surface area contributed by atoms with E-state index in [1.165, 1.54) is 22.3 Å². The third-order valence-electron chi connectivity index (χ3n) is 10.0. The van der Waals surface area contributed by atoms with Crippen molar-refractivity contribution in [3.8, 4) is 0 Å². The smallest absolute Gasteiger partial charge is 0.306 e. The van der Waals surface area contributed by atoms with Crippen molar-refractivity contribution in [3.63, 3.8) is 0 Å². The van der Waals surface area contributed by atoms with E-state index >= 15 is 0 Å². The highest BCUT2D eigenvalue weighted by Gasteiger charge is 2.63. The number of carboxylic acid groups (broad SMARTS) is 1. The maximum Gasteiger partial charge on any atom is 0.306 e. The fourth-order valence-electron chi connectivity index (χ4n) is 7.21. The lowest BCUT2D eigenvalue weighted by Crippen LogP contribution is -2.48. The molecule has 0 aliphatic heterocycles. The summed E-state index contributed by atoms with van der Waals surface area (Å²) in [7, 11) is 0. The Bertz CT molecular complexity index is 989. The van der Waals surface area contributed by atoms with Crippen molar-refractivity contribution < 1.29 is 25.2 Å². The zero-order chi connectivity index (χ0) is 27.2. The van der Waals surface area contributed by atoms with Gasteiger partial charge in [-0.15, -0.1) is 0 Å². The molecule has 1 aromatic rings. The molecule has 1 unspecified atom stereocenters. The highest BCUT2D eigenvalue weighted by molar-refractivity contribution is 5.71. The van der Waals surface area contributed by atoms with Crippen molar-refractivity contribution in [1.29, 1.82) is 0 Å². The summed E-state index contributed by atoms with van der Waals surface area (Å²) in [5.41, 5.74) is 4.12. The van der Waals surface area contributed by atoms with E-state index in [2.05, 4.69) is 53.3 Å². The standard InChI is InChI=1S/C31H48O5/c1-18(2)19(3)9-11-23(28(34)35)27-25(32)17-31(8)24-13-10-20(4)21(12-14-26(33)29(5,6)36)22(24)15-16-30(27,31)7/h10,13,18,23,25-27,32-33,36H,3,9,11-12,14-17H2,1-2,4-8H3,(H,34,35)/t23-,25-,26?,27+,30-,31+/m1/s1. The van der Waals surface area contributed by atoms with E-state index in [1.54, 1.807) is 13.8 Å². The zero-order valence-corrected chi connectivity index (χ0v) is 23.4. The van der Waals surface area contributed by atoms with Gasteiger partial charge in [0.05, 0.1) is 23.7 Å². The molecule has 2 aliphatic carbocycles. The van der Waals surface area contributed by atoms with Gasteiger partial charge in [-0.1, -0.05) is 52.0 Å². The molecule has 0 amide bonds. The molecule has 1 fully saturated rings. The monoisotopic (exact) mass is 500 g/mol. The van der Waals surface area contributed by atoms with E-state index in [-0.39, 0.29) is 16.7 Å². The molecule has 1 saturated carbocycles. The van der Waals surface area contributed by atoms with Gasteiger partial charge in [-0.2, -0.15) is 0 Å². The number of hydrogen-bond donors (Lipinski definition) is 4. The Labute approximate surface area is 217 Å². The summed E-state index contributed by atoms with van der Waals surface area (Å²) in [5.74, 6) is -1.45. The average molecular weight is 501 g/mol. The molecular formula is C31H48O5. The van der Waals surface area contributed by atoms with Crippen LogP contribution >= 0.6 is 0 Å². The van der Waals surface area contributed by atoms with Crippen LogP contribution in [0.4, 0.5) is 0 Å². The Morgan fingerprint density at radius 3 is 2.42 bits per heavy atom. The maximum absolute atomic E-state index is 12.5. The average Bonchev–Trinajstić information content (AvgIpc) is 2.97. The molecule has 4 N–H and O–H groups in total. The second-order valence-corrected chi connectivity index (χ2v) is 12.9. The number of carbonyl (C=O) groups is 1. The van der Waals surface area contributed by atoms with E-state index in [0.717, 1.165) is 18.4 Å². The fraction of sp³-hybridized carbons (Fsp3) is 0.710. The molecule has 0 spiro atoms. The van der Waals surface area contributed by atoms with Crippen LogP contribution in [0.25, 0.3) is 0 Å². The third kappa shape index (κ3) is 5.04. The van der Waals surface area contributed by atoms with Crippen LogP contribution in [0.1, 0.15) is 95.9 Å². The van der Waals surface area contributed by atoms with Gasteiger partial charge in [-0.3, -0.25) is 4.79 Å². The van der Waals surface area contributed by atoms with Crippen molar-refractivity contribution in [3.05, 3.63) is 46.5 Å². The van der Waals surface area contributed by atoms with E-state index in [1.807, 2.05) is 0 Å². The van der Waals surface area contributed by atoms with Gasteiger partial charge in [0.15, 0.2) is 0 Å². The number of benzene rings is 1. The highest BCUT2D eigenvalue weighted by Crippen LogP contribution is 2.64. The number of aliphatic hydroxyl groups is 3. The first-order valence-corrected chi connectivity index (χ1v) is 13.7. The number of aryl methyl sites for hydroxylation is 1. The number of fused-ring (bicyclic) bond motifs is 3. The molecule has 2 aliphatic rings. The van der Waals surface area contributed by atoms with Gasteiger partial charge >= 0.3 is 5.97 Å². The topological polar surface area (TPSA) is 98.0 Å². The summed E-state index contributed by atoms with van der Waals surface area (Å²) >= 11 is 0. The Morgan fingerprint density at radius 2 is 1.86 bits per heavy atom. The lowest BCUT2D eigenvalue weighted by atomic mass is 9.53. The maximum atomic E-state index is 12.5. The van der Waals surface area contributed by atoms with Gasteiger partial charge < -0.3 is 20.4 Å². The van der Waals surface area contributed by atoms with Gasteiger partial charge in [-0.05, 0) is 99.3 Å². The zero-order valence-electron chi connectivity index (χ0n) is 23.4. The summed E-state index contributed by atoms with van der Waals surface area (Å²) in [6.07, 6.45) is 3.00. The molecule has 5 nitrogen and oxygen atoms in total. The van der Waals surface area contributed by atoms with Crippen molar-refractivity contribution in [1.82, 2.24) is 0 Å². The van der Waals surface area contributed by atoms with Crippen LogP contribution in [-0.4, -0.2) is 44.2 Å². The van der Waals surface area contributed by atoms with E-state index < -0.39 is 29.7 Å². The molecule has 36 heavy (non-hydrogen) atoms. The number of carboxylic acids is 1. The van der Waals surface area contributed by atoms with E-state index in [0.29, 0.717) is 38.0 Å². The van der Waals surface area contributed by atoms with Crippen LogP contribution in [0.2, 0.25) is 0 Å². The van der Waals surface area contributed by atoms with Crippen LogP contribution < -0.4 is 0 Å². The Hall–Kier alpha value is -1.69. The largest absolute Gasteiger partial charge is 0.481 e. The summed E-state index contributed by atoms with van der Waals surface area (Å²) in [6, 6.07) is 4.31. The Kier molecular flexibility index (Phi) is 8.20. The molecular weight excluding hydrogens is 452 g/mol. The SMILES string of the molecule is C=C(CC[C@@H](C(=O)O)[C@H]1[C@H](O)C[C@@]2(C)c3ccc(C)c(CCC(O)C(C)(C)O)c3CC[C@]12C)C(C)C. The molecule has 6 atom stereocenters. The second kappa shape index (κ2) is 10.2. The van der Waals surface area contributed by atoms with Crippen molar-refractivity contribution in [2.24, 2.45) is 23.2 Å². The number of allylic oxidation sites excluding steroid dienone is 1. The Morgan fingerprint density at radius 1 is 1.22 bits per heavy atom. The molecule has 3 rings (SSSR count). The van der Waals surface area contributed by atoms with Crippen molar-refractivity contribution in [2.75, 3.05) is 0 Å². The van der Waals surface area contributed by atoms with E-state index in [9.17, 15) is 25.2 Å². The molecule has 0 aromatic heterocycles. The van der Waals surface area contributed by atoms with Crippen LogP contribution in [0.15, 0.2) is 24.3 Å². The van der Waals surface area contributed by atoms with Gasteiger partial charge in [0.25, 0.3) is 0 Å². The predicted octanol–water partition coefficient (Wildman–Crippen LogP) is 5.34. The first kappa shape index (κ1) is 28.9. The predicted molar refractivity (Wildman–Crippen MR) is 144 cm³/mol. The first-order valence-electron chi connectivity index (χ1n) is 13.7. The second-order valence-electron chi connectivity index (χ2n) is 12.9. The molecule has 0 bridgehead atoms. The summed E-state index contributed by atoms with van der Waals surface area (Å²) in [6.45, 7) is 18.1. The summed E-state index contributed by atoms with van der Waals surface area (Å²) in [4.78, 5) is 12.5. The van der Waals surface area contributed by atoms with Crippen LogP contribution in [0, 0.1) is 30.1 Å². The molecule has 5 heteroatoms. The van der Waals surface area contributed by atoms with Gasteiger partial charge in [0, 0.05) is 11.3 Å². The van der Waals surface area contributed by atoms with Crippen molar-refractivity contribution >= 4 is 5.97 Å². The summed E-state index contributed by atoms with van der Waals surface area (Å²) < 4.78 is 0. The minimum Gasteiger partial charge on any atom is -0.481 e. The molecule has 0 radical (unpaired) electrons. The fourth-order valence-corrected chi connectivity index (χ4v) is 7.21. The number of aliphatic carboxylic acids is 1. The Balaban J connectivity index is 1.97. The molecule has 202 valence electrons. The van der Waals surface area contributed by atoms with Gasteiger partial charge in [0.1, 0.15) is 0 Å². The van der Waals surface area contributed by atoms with Gasteiger partial charge in [-0.25, -0.2) is 0 Å². The number of aliphatic hydroxyl groups excluding tert-OH is 2. The molecule has 1 aromatic carbocycles. The minimum atomic E-state index is -1.15. The van der Waals surface area contributed by atoms with Crippen LogP contribution in [0.5, 0.6) is 0 Å². The molecule has 0 saturated heterocycles. The van der Waals surface area contributed by atoms with Crippen LogP contribution in [-0.2, 0) is 23.1 Å². The lowest BCUT2D eigenvalue weighted by molar-refractivity contribution is -0.148.